The number of hydrogen-bond donors (Lipinski definition) is 1. The monoisotopic (exact) mass is 299 g/mol. The van der Waals surface area contributed by atoms with E-state index < -0.39 is 17.4 Å². The molecule has 0 saturated carbocycles. The zero-order valence-electron chi connectivity index (χ0n) is 13.6. The molecular formula is C15H25NO5. The number of carbonyl (C=O) groups is 3. The molecule has 0 heterocycles. The third-order valence-corrected chi connectivity index (χ3v) is 2.24. The fraction of sp³-hybridized carbons (Fsp3) is 0.667. The molecule has 0 fully saturated rings. The van der Waals surface area contributed by atoms with E-state index in [2.05, 4.69) is 5.32 Å². The van der Waals surface area contributed by atoms with E-state index in [-0.39, 0.29) is 24.7 Å². The lowest BCUT2D eigenvalue weighted by atomic mass is 9.95. The Balaban J connectivity index is 4.11. The number of carbonyl (C=O) groups excluding carboxylic acids is 3. The highest BCUT2D eigenvalue weighted by atomic mass is 16.5. The van der Waals surface area contributed by atoms with Crippen molar-refractivity contribution in [2.24, 2.45) is 5.41 Å². The maximum absolute atomic E-state index is 11.7. The van der Waals surface area contributed by atoms with Crippen molar-refractivity contribution >= 4 is 17.8 Å². The van der Waals surface area contributed by atoms with Gasteiger partial charge >= 0.3 is 11.9 Å². The second kappa shape index (κ2) is 8.44. The molecule has 0 spiro atoms. The molecule has 0 aliphatic heterocycles. The summed E-state index contributed by atoms with van der Waals surface area (Å²) < 4.78 is 9.75. The number of rotatable bonds is 6. The summed E-state index contributed by atoms with van der Waals surface area (Å²) in [7, 11) is 0. The van der Waals surface area contributed by atoms with Crippen LogP contribution in [0.3, 0.4) is 0 Å². The normalized spacial score (nSPS) is 13.1. The van der Waals surface area contributed by atoms with Crippen molar-refractivity contribution in [3.63, 3.8) is 0 Å². The quantitative estimate of drug-likeness (QED) is 0.595. The zero-order chi connectivity index (χ0) is 16.6. The van der Waals surface area contributed by atoms with Gasteiger partial charge in [-0.25, -0.2) is 9.59 Å². The first-order valence-electron chi connectivity index (χ1n) is 6.88. The Morgan fingerprint density at radius 3 is 2.05 bits per heavy atom. The molecule has 0 unspecified atom stereocenters. The van der Waals surface area contributed by atoms with E-state index in [1.807, 2.05) is 0 Å². The number of esters is 2. The molecular weight excluding hydrogens is 274 g/mol. The Kier molecular flexibility index (Phi) is 7.70. The highest BCUT2D eigenvalue weighted by Gasteiger charge is 2.22. The molecule has 1 amide bonds. The van der Waals surface area contributed by atoms with E-state index in [0.29, 0.717) is 0 Å². The summed E-state index contributed by atoms with van der Waals surface area (Å²) in [6, 6.07) is -0.309. The van der Waals surface area contributed by atoms with E-state index in [9.17, 15) is 14.4 Å². The van der Waals surface area contributed by atoms with Gasteiger partial charge in [-0.15, -0.1) is 0 Å². The summed E-state index contributed by atoms with van der Waals surface area (Å²) in [6.07, 6.45) is 1.77. The highest BCUT2D eigenvalue weighted by molar-refractivity contribution is 5.91. The first kappa shape index (κ1) is 19.1. The van der Waals surface area contributed by atoms with Crippen molar-refractivity contribution in [3.05, 3.63) is 12.2 Å². The van der Waals surface area contributed by atoms with Gasteiger partial charge in [0.05, 0.1) is 12.1 Å². The van der Waals surface area contributed by atoms with E-state index in [0.717, 1.165) is 12.2 Å². The van der Waals surface area contributed by atoms with Crippen molar-refractivity contribution < 1.29 is 23.9 Å². The van der Waals surface area contributed by atoms with Crippen LogP contribution in [0.15, 0.2) is 12.2 Å². The second-order valence-electron chi connectivity index (χ2n) is 6.07. The van der Waals surface area contributed by atoms with Crippen LogP contribution in [0.1, 0.15) is 41.5 Å². The molecule has 21 heavy (non-hydrogen) atoms. The van der Waals surface area contributed by atoms with Crippen LogP contribution in [0.5, 0.6) is 0 Å². The van der Waals surface area contributed by atoms with Gasteiger partial charge in [0.25, 0.3) is 0 Å². The van der Waals surface area contributed by atoms with Gasteiger partial charge in [-0.3, -0.25) is 4.79 Å². The largest absolute Gasteiger partial charge is 0.460 e. The smallest absolute Gasteiger partial charge is 0.331 e. The molecule has 1 N–H and O–H groups in total. The van der Waals surface area contributed by atoms with Crippen molar-refractivity contribution in [2.45, 2.75) is 53.7 Å². The summed E-state index contributed by atoms with van der Waals surface area (Å²) in [5.41, 5.74) is -0.501. The Morgan fingerprint density at radius 2 is 1.57 bits per heavy atom. The Hall–Kier alpha value is -1.85. The third kappa shape index (κ3) is 9.65. The SMILES string of the molecule is CC(C)OC(=O)/C=C/C(=O)OC[C@H](C)NC(=O)C(C)(C)C. The van der Waals surface area contributed by atoms with Crippen molar-refractivity contribution in [3.8, 4) is 0 Å². The minimum absolute atomic E-state index is 0.0320. The second-order valence-corrected chi connectivity index (χ2v) is 6.07. The molecule has 0 saturated heterocycles. The molecule has 0 aliphatic carbocycles. The molecule has 6 nitrogen and oxygen atoms in total. The first-order chi connectivity index (χ1) is 9.52. The Labute approximate surface area is 125 Å². The molecule has 6 heteroatoms. The maximum Gasteiger partial charge on any atom is 0.331 e. The number of nitrogens with one attached hydrogen (secondary N) is 1. The first-order valence-corrected chi connectivity index (χ1v) is 6.88. The fourth-order valence-corrected chi connectivity index (χ4v) is 1.14. The van der Waals surface area contributed by atoms with Crippen LogP contribution in [0, 0.1) is 5.41 Å². The highest BCUT2D eigenvalue weighted by Crippen LogP contribution is 2.12. The van der Waals surface area contributed by atoms with Crippen molar-refractivity contribution in [1.29, 1.82) is 0 Å². The Bertz CT molecular complexity index is 407. The summed E-state index contributed by atoms with van der Waals surface area (Å²) in [4.78, 5) is 34.3. The predicted molar refractivity (Wildman–Crippen MR) is 78.4 cm³/mol. The average molecular weight is 299 g/mol. The fourth-order valence-electron chi connectivity index (χ4n) is 1.14. The van der Waals surface area contributed by atoms with Crippen LogP contribution in [-0.2, 0) is 23.9 Å². The van der Waals surface area contributed by atoms with Gasteiger partial charge in [-0.2, -0.15) is 0 Å². The van der Waals surface area contributed by atoms with Gasteiger partial charge in [0, 0.05) is 17.6 Å². The Morgan fingerprint density at radius 1 is 1.05 bits per heavy atom. The van der Waals surface area contributed by atoms with Gasteiger partial charge in [0.1, 0.15) is 6.61 Å². The van der Waals surface area contributed by atoms with Crippen LogP contribution < -0.4 is 5.32 Å². The van der Waals surface area contributed by atoms with Gasteiger partial charge in [-0.05, 0) is 20.8 Å². The third-order valence-electron chi connectivity index (χ3n) is 2.24. The van der Waals surface area contributed by atoms with Crippen LogP contribution in [0.4, 0.5) is 0 Å². The van der Waals surface area contributed by atoms with Crippen molar-refractivity contribution in [1.82, 2.24) is 5.32 Å². The summed E-state index contributed by atoms with van der Waals surface area (Å²) >= 11 is 0. The van der Waals surface area contributed by atoms with Crippen LogP contribution in [0.25, 0.3) is 0 Å². The number of amides is 1. The molecule has 0 aromatic rings. The predicted octanol–water partition coefficient (Wildman–Crippen LogP) is 1.59. The topological polar surface area (TPSA) is 81.7 Å². The number of ether oxygens (including phenoxy) is 2. The summed E-state index contributed by atoms with van der Waals surface area (Å²) in [6.45, 7) is 10.6. The van der Waals surface area contributed by atoms with E-state index >= 15 is 0 Å². The molecule has 0 aromatic carbocycles. The summed E-state index contributed by atoms with van der Waals surface area (Å²) in [5, 5.41) is 2.73. The van der Waals surface area contributed by atoms with Crippen molar-refractivity contribution in [2.75, 3.05) is 6.61 Å². The molecule has 1 atom stereocenters. The molecule has 0 bridgehead atoms. The average Bonchev–Trinajstić information content (AvgIpc) is 2.31. The van der Waals surface area contributed by atoms with Crippen LogP contribution in [0.2, 0.25) is 0 Å². The summed E-state index contributed by atoms with van der Waals surface area (Å²) in [5.74, 6) is -1.38. The van der Waals surface area contributed by atoms with Gasteiger partial charge in [-0.1, -0.05) is 20.8 Å². The van der Waals surface area contributed by atoms with Gasteiger partial charge in [0.2, 0.25) is 5.91 Å². The van der Waals surface area contributed by atoms with Gasteiger partial charge in [0.15, 0.2) is 0 Å². The zero-order valence-corrected chi connectivity index (χ0v) is 13.6. The van der Waals surface area contributed by atoms with E-state index in [4.69, 9.17) is 9.47 Å². The number of hydrogen-bond acceptors (Lipinski definition) is 5. The standard InChI is InChI=1S/C15H25NO5/c1-10(2)21-13(18)8-7-12(17)20-9-11(3)16-14(19)15(4,5)6/h7-8,10-11H,9H2,1-6H3,(H,16,19)/b8-7+/t11-/m0/s1. The molecule has 0 radical (unpaired) electrons. The lowest BCUT2D eigenvalue weighted by Crippen LogP contribution is -2.42. The van der Waals surface area contributed by atoms with E-state index in [1.165, 1.54) is 0 Å². The minimum Gasteiger partial charge on any atom is -0.460 e. The van der Waals surface area contributed by atoms with Crippen LogP contribution >= 0.6 is 0 Å². The van der Waals surface area contributed by atoms with E-state index in [1.54, 1.807) is 41.5 Å². The molecule has 0 aliphatic rings. The molecule has 0 aromatic heterocycles. The lowest BCUT2D eigenvalue weighted by molar-refractivity contribution is -0.143. The molecule has 120 valence electrons. The lowest BCUT2D eigenvalue weighted by Gasteiger charge is -2.21. The molecule has 0 rings (SSSR count). The van der Waals surface area contributed by atoms with Crippen LogP contribution in [-0.4, -0.2) is 36.6 Å². The van der Waals surface area contributed by atoms with Gasteiger partial charge < -0.3 is 14.8 Å². The minimum atomic E-state index is -0.660. The maximum atomic E-state index is 11.7.